The molecule has 1 aliphatic heterocycles. The van der Waals surface area contributed by atoms with Crippen LogP contribution in [0.3, 0.4) is 0 Å². The van der Waals surface area contributed by atoms with E-state index in [-0.39, 0.29) is 23.4 Å². The summed E-state index contributed by atoms with van der Waals surface area (Å²) < 4.78 is 11.4. The average molecular weight is 294 g/mol. The highest BCUT2D eigenvalue weighted by atomic mass is 32.2. The van der Waals surface area contributed by atoms with Gasteiger partial charge in [-0.1, -0.05) is 37.3 Å². The smallest absolute Gasteiger partial charge is 0.241 e. The summed E-state index contributed by atoms with van der Waals surface area (Å²) in [6.07, 6.45) is 2.40. The van der Waals surface area contributed by atoms with Crippen molar-refractivity contribution in [3.05, 3.63) is 35.9 Å². The summed E-state index contributed by atoms with van der Waals surface area (Å²) in [6.45, 7) is 4.49. The Balaban J connectivity index is 2.11. The number of hydrogen-bond acceptors (Lipinski definition) is 3. The summed E-state index contributed by atoms with van der Waals surface area (Å²) in [5.41, 5.74) is 1.09. The number of nitrogens with zero attached hydrogens (tertiary/aromatic N) is 1. The summed E-state index contributed by atoms with van der Waals surface area (Å²) in [7, 11) is -0.844. The van der Waals surface area contributed by atoms with Crippen molar-refractivity contribution in [2.75, 3.05) is 12.8 Å². The van der Waals surface area contributed by atoms with E-state index in [1.807, 2.05) is 49.1 Å². The lowest BCUT2D eigenvalue weighted by molar-refractivity contribution is -0.129. The lowest BCUT2D eigenvalue weighted by Crippen LogP contribution is -2.33. The Morgan fingerprint density at radius 3 is 2.60 bits per heavy atom. The first-order chi connectivity index (χ1) is 9.50. The largest absolute Gasteiger partial charge is 0.322 e. The van der Waals surface area contributed by atoms with Crippen molar-refractivity contribution in [3.63, 3.8) is 0 Å². The van der Waals surface area contributed by atoms with Gasteiger partial charge in [-0.15, -0.1) is 0 Å². The molecule has 1 fully saturated rings. The van der Waals surface area contributed by atoms with Crippen molar-refractivity contribution < 1.29 is 9.00 Å². The predicted molar refractivity (Wildman–Crippen MR) is 81.6 cm³/mol. The first-order valence-corrected chi connectivity index (χ1v) is 8.56. The fourth-order valence-corrected chi connectivity index (χ4v) is 2.85. The molecule has 0 aliphatic carbocycles. The molecule has 1 amide bonds. The maximum Gasteiger partial charge on any atom is 0.241 e. The van der Waals surface area contributed by atoms with Crippen LogP contribution in [0.4, 0.5) is 0 Å². The second-order valence-electron chi connectivity index (χ2n) is 5.33. The fourth-order valence-electron chi connectivity index (χ4n) is 2.41. The van der Waals surface area contributed by atoms with Gasteiger partial charge in [0, 0.05) is 28.9 Å². The topological polar surface area (TPSA) is 49.4 Å². The van der Waals surface area contributed by atoms with E-state index in [9.17, 15) is 9.00 Å². The first-order valence-electron chi connectivity index (χ1n) is 6.94. The molecule has 0 radical (unpaired) electrons. The van der Waals surface area contributed by atoms with Crippen LogP contribution in [0.15, 0.2) is 30.3 Å². The number of amides is 1. The Morgan fingerprint density at radius 2 is 2.00 bits per heavy atom. The molecule has 1 aromatic rings. The molecule has 4 nitrogen and oxygen atoms in total. The Hall–Kier alpha value is -1.20. The van der Waals surface area contributed by atoms with Crippen LogP contribution in [0.1, 0.15) is 32.0 Å². The SMILES string of the molecule is CC1NC(c2ccccc2)N(CCC(C)S(C)=O)C1=O. The molecular weight excluding hydrogens is 272 g/mol. The number of rotatable bonds is 5. The van der Waals surface area contributed by atoms with Gasteiger partial charge < -0.3 is 4.90 Å². The molecule has 0 aromatic heterocycles. The van der Waals surface area contributed by atoms with Crippen LogP contribution >= 0.6 is 0 Å². The highest BCUT2D eigenvalue weighted by Gasteiger charge is 2.36. The summed E-state index contributed by atoms with van der Waals surface area (Å²) in [6, 6.07) is 9.81. The van der Waals surface area contributed by atoms with Gasteiger partial charge in [-0.25, -0.2) is 0 Å². The molecule has 1 aliphatic rings. The molecule has 4 atom stereocenters. The van der Waals surface area contributed by atoms with Gasteiger partial charge >= 0.3 is 0 Å². The third kappa shape index (κ3) is 3.27. The quantitative estimate of drug-likeness (QED) is 0.898. The van der Waals surface area contributed by atoms with Crippen LogP contribution < -0.4 is 5.32 Å². The molecule has 4 unspecified atom stereocenters. The van der Waals surface area contributed by atoms with E-state index < -0.39 is 10.8 Å². The number of nitrogens with one attached hydrogen (secondary N) is 1. The van der Waals surface area contributed by atoms with Crippen molar-refractivity contribution in [3.8, 4) is 0 Å². The number of hydrogen-bond donors (Lipinski definition) is 1. The summed E-state index contributed by atoms with van der Waals surface area (Å²) in [5, 5.41) is 3.43. The van der Waals surface area contributed by atoms with Crippen molar-refractivity contribution in [1.82, 2.24) is 10.2 Å². The highest BCUT2D eigenvalue weighted by Crippen LogP contribution is 2.25. The zero-order chi connectivity index (χ0) is 14.7. The summed E-state index contributed by atoms with van der Waals surface area (Å²) in [4.78, 5) is 14.1. The van der Waals surface area contributed by atoms with E-state index in [0.717, 1.165) is 12.0 Å². The fraction of sp³-hybridized carbons (Fsp3) is 0.533. The minimum absolute atomic E-state index is 0.0730. The summed E-state index contributed by atoms with van der Waals surface area (Å²) >= 11 is 0. The van der Waals surface area contributed by atoms with Crippen molar-refractivity contribution in [2.45, 2.75) is 37.7 Å². The molecule has 5 heteroatoms. The molecule has 1 aromatic carbocycles. The molecule has 1 heterocycles. The Kier molecular flexibility index (Phi) is 4.94. The van der Waals surface area contributed by atoms with Gasteiger partial charge in [-0.05, 0) is 18.9 Å². The molecule has 0 saturated carbocycles. The Labute approximate surface area is 123 Å². The van der Waals surface area contributed by atoms with Crippen LogP contribution in [-0.2, 0) is 15.6 Å². The second-order valence-corrected chi connectivity index (χ2v) is 7.13. The Morgan fingerprint density at radius 1 is 1.35 bits per heavy atom. The van der Waals surface area contributed by atoms with Gasteiger partial charge in [0.15, 0.2) is 0 Å². The minimum Gasteiger partial charge on any atom is -0.322 e. The number of carbonyl (C=O) groups is 1. The number of carbonyl (C=O) groups excluding carboxylic acids is 1. The monoisotopic (exact) mass is 294 g/mol. The zero-order valence-electron chi connectivity index (χ0n) is 12.2. The molecule has 1 saturated heterocycles. The van der Waals surface area contributed by atoms with Crippen LogP contribution in [-0.4, -0.2) is 39.1 Å². The third-order valence-corrected chi connectivity index (χ3v) is 5.20. The molecule has 0 spiro atoms. The highest BCUT2D eigenvalue weighted by molar-refractivity contribution is 7.84. The van der Waals surface area contributed by atoms with Crippen LogP contribution in [0.2, 0.25) is 0 Å². The van der Waals surface area contributed by atoms with Gasteiger partial charge in [0.05, 0.1) is 6.04 Å². The standard InChI is InChI=1S/C15H22N2O2S/c1-11(20(3)19)9-10-17-14(16-12(2)15(17)18)13-7-5-4-6-8-13/h4-8,11-12,14,16H,9-10H2,1-3H3. The van der Waals surface area contributed by atoms with Gasteiger partial charge in [-0.3, -0.25) is 14.3 Å². The second kappa shape index (κ2) is 6.50. The molecule has 2 rings (SSSR count). The predicted octanol–water partition coefficient (Wildman–Crippen LogP) is 1.66. The lowest BCUT2D eigenvalue weighted by Gasteiger charge is -2.25. The normalized spacial score (nSPS) is 25.8. The molecule has 1 N–H and O–H groups in total. The van der Waals surface area contributed by atoms with Gasteiger partial charge in [-0.2, -0.15) is 0 Å². The van der Waals surface area contributed by atoms with E-state index in [0.29, 0.717) is 6.54 Å². The van der Waals surface area contributed by atoms with E-state index in [4.69, 9.17) is 0 Å². The molecule has 110 valence electrons. The van der Waals surface area contributed by atoms with E-state index in [1.54, 1.807) is 6.26 Å². The summed E-state index contributed by atoms with van der Waals surface area (Å²) in [5.74, 6) is 0.118. The van der Waals surface area contributed by atoms with Gasteiger partial charge in [0.2, 0.25) is 5.91 Å². The lowest BCUT2D eigenvalue weighted by atomic mass is 10.1. The van der Waals surface area contributed by atoms with Crippen LogP contribution in [0.5, 0.6) is 0 Å². The molecule has 0 bridgehead atoms. The van der Waals surface area contributed by atoms with Crippen LogP contribution in [0, 0.1) is 0 Å². The maximum atomic E-state index is 12.3. The van der Waals surface area contributed by atoms with Gasteiger partial charge in [0.25, 0.3) is 0 Å². The molecule has 20 heavy (non-hydrogen) atoms. The minimum atomic E-state index is -0.844. The van der Waals surface area contributed by atoms with Crippen molar-refractivity contribution >= 4 is 16.7 Å². The third-order valence-electron chi connectivity index (χ3n) is 3.83. The van der Waals surface area contributed by atoms with E-state index in [2.05, 4.69) is 5.32 Å². The maximum absolute atomic E-state index is 12.3. The number of benzene rings is 1. The Bertz CT molecular complexity index is 492. The zero-order valence-corrected chi connectivity index (χ0v) is 13.0. The van der Waals surface area contributed by atoms with E-state index >= 15 is 0 Å². The van der Waals surface area contributed by atoms with Crippen molar-refractivity contribution in [2.24, 2.45) is 0 Å². The molecular formula is C15H22N2O2S. The van der Waals surface area contributed by atoms with E-state index in [1.165, 1.54) is 0 Å². The average Bonchev–Trinajstić information content (AvgIpc) is 2.73. The van der Waals surface area contributed by atoms with Crippen LogP contribution in [0.25, 0.3) is 0 Å². The van der Waals surface area contributed by atoms with Gasteiger partial charge in [0.1, 0.15) is 6.17 Å². The first kappa shape index (κ1) is 15.2. The van der Waals surface area contributed by atoms with Crippen molar-refractivity contribution in [1.29, 1.82) is 0 Å².